The fraction of sp³-hybridized carbons (Fsp3) is 0.361. The quantitative estimate of drug-likeness (QED) is 0.153. The van der Waals surface area contributed by atoms with Crippen LogP contribution in [0.2, 0.25) is 0 Å². The van der Waals surface area contributed by atoms with Gasteiger partial charge in [-0.15, -0.1) is 0 Å². The predicted octanol–water partition coefficient (Wildman–Crippen LogP) is 7.52. The molecule has 224 valence electrons. The molecule has 3 aromatic carbocycles. The predicted molar refractivity (Wildman–Crippen MR) is 167 cm³/mol. The number of para-hydroxylation sites is 1. The van der Waals surface area contributed by atoms with Crippen LogP contribution in [0.3, 0.4) is 0 Å². The highest BCUT2D eigenvalue weighted by atomic mass is 16.5. The fourth-order valence-electron chi connectivity index (χ4n) is 9.01. The van der Waals surface area contributed by atoms with Crippen LogP contribution in [0.1, 0.15) is 71.5 Å². The minimum Gasteiger partial charge on any atom is -0.493 e. The molecule has 4 aliphatic carbocycles. The summed E-state index contributed by atoms with van der Waals surface area (Å²) in [5.74, 6) is 0.772. The number of carboxylic acid groups (broad SMARTS) is 2. The zero-order chi connectivity index (χ0) is 30.0. The van der Waals surface area contributed by atoms with Gasteiger partial charge in [-0.3, -0.25) is 4.68 Å². The molecule has 3 N–H and O–H groups in total. The smallest absolute Gasteiger partial charge is 0.357 e. The van der Waals surface area contributed by atoms with Crippen molar-refractivity contribution >= 4 is 33.6 Å². The van der Waals surface area contributed by atoms with Crippen LogP contribution in [0.4, 0.5) is 0 Å². The molecule has 0 unspecified atom stereocenters. The molecule has 4 fully saturated rings. The number of fused-ring (bicyclic) bond motifs is 2. The number of H-pyrrole nitrogens is 1. The molecule has 0 amide bonds. The summed E-state index contributed by atoms with van der Waals surface area (Å²) in [6.07, 6.45) is 10.1. The van der Waals surface area contributed by atoms with Crippen LogP contribution in [0.15, 0.2) is 66.9 Å². The van der Waals surface area contributed by atoms with Crippen molar-refractivity contribution in [2.45, 2.75) is 56.9 Å². The Kier molecular flexibility index (Phi) is 6.29. The number of carboxylic acids is 2. The van der Waals surface area contributed by atoms with Gasteiger partial charge < -0.3 is 19.9 Å². The number of nitrogens with zero attached hydrogens (tertiary/aromatic N) is 2. The van der Waals surface area contributed by atoms with E-state index in [9.17, 15) is 19.8 Å². The molecule has 4 bridgehead atoms. The molecule has 8 nitrogen and oxygen atoms in total. The van der Waals surface area contributed by atoms with Gasteiger partial charge in [0.1, 0.15) is 11.4 Å². The summed E-state index contributed by atoms with van der Waals surface area (Å²) < 4.78 is 8.11. The lowest BCUT2D eigenvalue weighted by Gasteiger charge is -2.56. The van der Waals surface area contributed by atoms with E-state index in [-0.39, 0.29) is 16.9 Å². The first-order valence-corrected chi connectivity index (χ1v) is 15.7. The Morgan fingerprint density at radius 3 is 2.27 bits per heavy atom. The lowest BCUT2D eigenvalue weighted by molar-refractivity contribution is -0.0495. The first-order valence-electron chi connectivity index (χ1n) is 15.7. The summed E-state index contributed by atoms with van der Waals surface area (Å²) in [6, 6.07) is 19.7. The van der Waals surface area contributed by atoms with E-state index >= 15 is 0 Å². The monoisotopic (exact) mass is 589 g/mol. The Labute approximate surface area is 254 Å². The number of carbonyl (C=O) groups is 2. The number of aromatic amines is 1. The van der Waals surface area contributed by atoms with Crippen LogP contribution in [-0.4, -0.2) is 43.5 Å². The summed E-state index contributed by atoms with van der Waals surface area (Å²) in [6.45, 7) is 0.431. The van der Waals surface area contributed by atoms with Gasteiger partial charge in [0.05, 0.1) is 17.7 Å². The topological polar surface area (TPSA) is 117 Å². The number of aryl methyl sites for hydroxylation is 1. The maximum absolute atomic E-state index is 12.5. The van der Waals surface area contributed by atoms with E-state index in [1.54, 1.807) is 0 Å². The summed E-state index contributed by atoms with van der Waals surface area (Å²) in [4.78, 5) is 28.1. The van der Waals surface area contributed by atoms with Crippen molar-refractivity contribution in [1.82, 2.24) is 14.8 Å². The van der Waals surface area contributed by atoms with Crippen LogP contribution in [0.25, 0.3) is 32.8 Å². The molecule has 0 saturated heterocycles. The normalized spacial score (nSPS) is 23.9. The van der Waals surface area contributed by atoms with Gasteiger partial charge >= 0.3 is 11.9 Å². The molecular formula is C36H35N3O5. The standard InChI is InChI=1S/C36H35N3O5/c40-34(41)32-27(11-5-13-44-30-12-3-7-24-6-1-2-8-25(24)30)26-9-4-10-28(31(26)37-32)29-20-39(38-33(29)35(42)43)36-17-21-14-22(18-36)16-23(15-21)19-36/h1-4,6-10,12,20-23,37H,5,11,13-19H2,(H,40,41)(H,42,43). The maximum atomic E-state index is 12.5. The third-order valence-electron chi connectivity index (χ3n) is 10.4. The zero-order valence-corrected chi connectivity index (χ0v) is 24.5. The summed E-state index contributed by atoms with van der Waals surface area (Å²) in [5.41, 5.74) is 2.54. The minimum atomic E-state index is -1.07. The van der Waals surface area contributed by atoms with E-state index in [1.807, 2.05) is 71.5 Å². The van der Waals surface area contributed by atoms with Gasteiger partial charge in [-0.1, -0.05) is 54.6 Å². The summed E-state index contributed by atoms with van der Waals surface area (Å²) >= 11 is 0. The van der Waals surface area contributed by atoms with Crippen molar-refractivity contribution in [1.29, 1.82) is 0 Å². The van der Waals surface area contributed by atoms with Gasteiger partial charge in [-0.2, -0.15) is 5.10 Å². The Morgan fingerprint density at radius 1 is 0.864 bits per heavy atom. The SMILES string of the molecule is O=C(O)c1nn(C23CC4CC(CC(C4)C2)C3)cc1-c1cccc2c(CCCOc3cccc4ccccc34)c(C(=O)O)[nH]c12. The van der Waals surface area contributed by atoms with Gasteiger partial charge in [-0.05, 0) is 86.1 Å². The van der Waals surface area contributed by atoms with Crippen molar-refractivity contribution in [3.8, 4) is 16.9 Å². The van der Waals surface area contributed by atoms with Gasteiger partial charge in [0.25, 0.3) is 0 Å². The van der Waals surface area contributed by atoms with Crippen LogP contribution < -0.4 is 4.74 Å². The van der Waals surface area contributed by atoms with Crippen molar-refractivity contribution in [3.63, 3.8) is 0 Å². The maximum Gasteiger partial charge on any atom is 0.357 e. The molecule has 5 aromatic rings. The first-order chi connectivity index (χ1) is 21.4. The largest absolute Gasteiger partial charge is 0.493 e. The Bertz CT molecular complexity index is 1890. The first kappa shape index (κ1) is 27.0. The number of hydrogen-bond donors (Lipinski definition) is 3. The Morgan fingerprint density at radius 2 is 1.55 bits per heavy atom. The van der Waals surface area contributed by atoms with E-state index < -0.39 is 11.9 Å². The number of aromatic nitrogens is 3. The molecular weight excluding hydrogens is 554 g/mol. The molecule has 44 heavy (non-hydrogen) atoms. The van der Waals surface area contributed by atoms with Gasteiger partial charge in [0.15, 0.2) is 5.69 Å². The Hall–Kier alpha value is -4.59. The van der Waals surface area contributed by atoms with Crippen LogP contribution in [0, 0.1) is 17.8 Å². The van der Waals surface area contributed by atoms with E-state index in [0.29, 0.717) is 59.4 Å². The Balaban J connectivity index is 1.12. The number of rotatable bonds is 9. The van der Waals surface area contributed by atoms with Crippen LogP contribution in [0.5, 0.6) is 5.75 Å². The molecule has 2 aromatic heterocycles. The number of hydrogen-bond acceptors (Lipinski definition) is 4. The number of nitrogens with one attached hydrogen (secondary N) is 1. The number of ether oxygens (including phenoxy) is 1. The number of aromatic carboxylic acids is 2. The fourth-order valence-corrected chi connectivity index (χ4v) is 9.01. The molecule has 2 heterocycles. The second kappa shape index (κ2) is 10.3. The third kappa shape index (κ3) is 4.38. The van der Waals surface area contributed by atoms with Gasteiger partial charge in [0.2, 0.25) is 0 Å². The third-order valence-corrected chi connectivity index (χ3v) is 10.4. The molecule has 9 rings (SSSR count). The molecule has 0 aliphatic heterocycles. The molecule has 4 saturated carbocycles. The summed E-state index contributed by atoms with van der Waals surface area (Å²) in [7, 11) is 0. The van der Waals surface area contributed by atoms with Crippen molar-refractivity contribution in [2.75, 3.05) is 6.61 Å². The molecule has 8 heteroatoms. The van der Waals surface area contributed by atoms with E-state index in [1.165, 1.54) is 19.3 Å². The highest BCUT2D eigenvalue weighted by Crippen LogP contribution is 2.59. The molecule has 4 aliphatic rings. The minimum absolute atomic E-state index is 0.0183. The van der Waals surface area contributed by atoms with Crippen LogP contribution in [-0.2, 0) is 12.0 Å². The van der Waals surface area contributed by atoms with Gasteiger partial charge in [-0.25, -0.2) is 9.59 Å². The summed E-state index contributed by atoms with van der Waals surface area (Å²) in [5, 5.41) is 28.1. The highest BCUT2D eigenvalue weighted by molar-refractivity contribution is 6.05. The molecule has 0 radical (unpaired) electrons. The van der Waals surface area contributed by atoms with Crippen molar-refractivity contribution in [3.05, 3.63) is 83.8 Å². The highest BCUT2D eigenvalue weighted by Gasteiger charge is 2.52. The van der Waals surface area contributed by atoms with Gasteiger partial charge in [0, 0.05) is 28.1 Å². The van der Waals surface area contributed by atoms with Crippen LogP contribution >= 0.6 is 0 Å². The van der Waals surface area contributed by atoms with Crippen molar-refractivity contribution < 1.29 is 24.5 Å². The second-order valence-electron chi connectivity index (χ2n) is 13.2. The van der Waals surface area contributed by atoms with Crippen molar-refractivity contribution in [2.24, 2.45) is 17.8 Å². The van der Waals surface area contributed by atoms with E-state index in [0.717, 1.165) is 41.2 Å². The molecule has 0 atom stereocenters. The lowest BCUT2D eigenvalue weighted by Crippen LogP contribution is -2.52. The average Bonchev–Trinajstić information content (AvgIpc) is 3.62. The molecule has 0 spiro atoms. The van der Waals surface area contributed by atoms with E-state index in [4.69, 9.17) is 9.84 Å². The van der Waals surface area contributed by atoms with E-state index in [2.05, 4.69) is 4.98 Å². The lowest BCUT2D eigenvalue weighted by atomic mass is 9.53. The number of benzene rings is 3. The zero-order valence-electron chi connectivity index (χ0n) is 24.5. The average molecular weight is 590 g/mol. The second-order valence-corrected chi connectivity index (χ2v) is 13.2.